The predicted molar refractivity (Wildman–Crippen MR) is 75.5 cm³/mol. The standard InChI is InChI=1S/C13H13IN2O/c1-11(14)6-5-9-16(10-15)13(17)12-7-3-2-4-8-12/h2-4,6-8H,5,9H2,1H3/b11-6-. The molecule has 0 radical (unpaired) electrons. The van der Waals surface area contributed by atoms with Crippen LogP contribution in [0.15, 0.2) is 40.0 Å². The Labute approximate surface area is 115 Å². The summed E-state index contributed by atoms with van der Waals surface area (Å²) in [6, 6.07) is 8.85. The summed E-state index contributed by atoms with van der Waals surface area (Å²) in [5.74, 6) is -0.243. The van der Waals surface area contributed by atoms with Gasteiger partial charge in [-0.1, -0.05) is 24.3 Å². The highest BCUT2D eigenvalue weighted by molar-refractivity contribution is 14.1. The molecule has 0 aliphatic rings. The lowest BCUT2D eigenvalue weighted by molar-refractivity contribution is 0.0834. The summed E-state index contributed by atoms with van der Waals surface area (Å²) in [6.45, 7) is 2.40. The third-order valence-corrected chi connectivity index (χ3v) is 2.61. The maximum Gasteiger partial charge on any atom is 0.266 e. The van der Waals surface area contributed by atoms with Crippen LogP contribution in [0.2, 0.25) is 0 Å². The molecule has 1 amide bonds. The van der Waals surface area contributed by atoms with E-state index in [9.17, 15) is 4.79 Å². The number of halogens is 1. The number of nitrogens with zero attached hydrogens (tertiary/aromatic N) is 2. The number of allylic oxidation sites excluding steroid dienone is 1. The summed E-state index contributed by atoms with van der Waals surface area (Å²) in [5.41, 5.74) is 0.546. The average Bonchev–Trinajstić information content (AvgIpc) is 2.34. The Kier molecular flexibility index (Phi) is 5.70. The predicted octanol–water partition coefficient (Wildman–Crippen LogP) is 3.34. The first-order valence-corrected chi connectivity index (χ1v) is 6.32. The largest absolute Gasteiger partial charge is 0.268 e. The van der Waals surface area contributed by atoms with Crippen LogP contribution in [0.1, 0.15) is 23.7 Å². The van der Waals surface area contributed by atoms with Crippen LogP contribution in [0, 0.1) is 11.5 Å². The minimum Gasteiger partial charge on any atom is -0.268 e. The van der Waals surface area contributed by atoms with Crippen LogP contribution in [0.3, 0.4) is 0 Å². The molecule has 4 heteroatoms. The van der Waals surface area contributed by atoms with Crippen molar-refractivity contribution in [3.8, 4) is 6.19 Å². The zero-order valence-electron chi connectivity index (χ0n) is 9.56. The van der Waals surface area contributed by atoms with E-state index in [0.29, 0.717) is 18.5 Å². The molecule has 0 aromatic heterocycles. The number of hydrogen-bond acceptors (Lipinski definition) is 2. The first-order chi connectivity index (χ1) is 8.15. The van der Waals surface area contributed by atoms with Crippen molar-refractivity contribution in [2.24, 2.45) is 0 Å². The number of benzene rings is 1. The van der Waals surface area contributed by atoms with E-state index < -0.39 is 0 Å². The first kappa shape index (κ1) is 13.7. The molecule has 0 aliphatic heterocycles. The zero-order chi connectivity index (χ0) is 12.7. The van der Waals surface area contributed by atoms with E-state index in [2.05, 4.69) is 22.6 Å². The van der Waals surface area contributed by atoms with E-state index in [-0.39, 0.29) is 5.91 Å². The number of hydrogen-bond donors (Lipinski definition) is 0. The Morgan fingerprint density at radius 2 is 2.12 bits per heavy atom. The van der Waals surface area contributed by atoms with Gasteiger partial charge < -0.3 is 0 Å². The molecule has 0 aliphatic carbocycles. The van der Waals surface area contributed by atoms with Crippen LogP contribution < -0.4 is 0 Å². The highest BCUT2D eigenvalue weighted by Crippen LogP contribution is 2.07. The number of amides is 1. The van der Waals surface area contributed by atoms with Gasteiger partial charge in [-0.3, -0.25) is 4.79 Å². The topological polar surface area (TPSA) is 44.1 Å². The molecule has 0 saturated carbocycles. The van der Waals surface area contributed by atoms with Crippen LogP contribution in [-0.4, -0.2) is 17.4 Å². The summed E-state index contributed by atoms with van der Waals surface area (Å²) in [6.07, 6.45) is 4.62. The van der Waals surface area contributed by atoms with Gasteiger partial charge in [0.05, 0.1) is 0 Å². The Morgan fingerprint density at radius 1 is 1.47 bits per heavy atom. The van der Waals surface area contributed by atoms with E-state index in [1.807, 2.05) is 25.3 Å². The van der Waals surface area contributed by atoms with E-state index in [1.165, 1.54) is 4.90 Å². The smallest absolute Gasteiger partial charge is 0.266 e. The van der Waals surface area contributed by atoms with Gasteiger partial charge in [-0.2, -0.15) is 5.26 Å². The molecule has 3 nitrogen and oxygen atoms in total. The number of nitriles is 1. The van der Waals surface area contributed by atoms with E-state index in [0.717, 1.165) is 3.58 Å². The maximum atomic E-state index is 11.9. The number of carbonyl (C=O) groups is 1. The zero-order valence-corrected chi connectivity index (χ0v) is 11.7. The fourth-order valence-electron chi connectivity index (χ4n) is 1.33. The molecule has 88 valence electrons. The molecule has 0 heterocycles. The van der Waals surface area contributed by atoms with Crippen molar-refractivity contribution in [2.45, 2.75) is 13.3 Å². The van der Waals surface area contributed by atoms with Crippen molar-refractivity contribution in [1.29, 1.82) is 5.26 Å². The van der Waals surface area contributed by atoms with Gasteiger partial charge in [0, 0.05) is 12.1 Å². The van der Waals surface area contributed by atoms with E-state index in [1.54, 1.807) is 24.3 Å². The van der Waals surface area contributed by atoms with E-state index in [4.69, 9.17) is 5.26 Å². The Balaban J connectivity index is 2.66. The Bertz CT molecular complexity index is 444. The van der Waals surface area contributed by atoms with E-state index >= 15 is 0 Å². The lowest BCUT2D eigenvalue weighted by Gasteiger charge is -2.12. The molecule has 0 atom stereocenters. The SMILES string of the molecule is C/C(I)=C/CCN(C#N)C(=O)c1ccccc1. The highest BCUT2D eigenvalue weighted by atomic mass is 127. The van der Waals surface area contributed by atoms with Crippen molar-refractivity contribution in [3.63, 3.8) is 0 Å². The fourth-order valence-corrected chi connectivity index (χ4v) is 1.64. The lowest BCUT2D eigenvalue weighted by atomic mass is 10.2. The molecule has 1 aromatic carbocycles. The van der Waals surface area contributed by atoms with Crippen molar-refractivity contribution in [3.05, 3.63) is 45.6 Å². The molecular weight excluding hydrogens is 327 g/mol. The highest BCUT2D eigenvalue weighted by Gasteiger charge is 2.13. The van der Waals surface area contributed by atoms with Gasteiger partial charge in [-0.25, -0.2) is 4.90 Å². The van der Waals surface area contributed by atoms with Crippen molar-refractivity contribution in [1.82, 2.24) is 4.90 Å². The second-order valence-corrected chi connectivity index (χ2v) is 5.20. The van der Waals surface area contributed by atoms with Crippen LogP contribution >= 0.6 is 22.6 Å². The van der Waals surface area contributed by atoms with Crippen LogP contribution in [-0.2, 0) is 0 Å². The van der Waals surface area contributed by atoms with Gasteiger partial charge in [-0.05, 0) is 51.6 Å². The van der Waals surface area contributed by atoms with Gasteiger partial charge in [0.1, 0.15) is 0 Å². The molecule has 17 heavy (non-hydrogen) atoms. The molecule has 0 unspecified atom stereocenters. The van der Waals surface area contributed by atoms with Crippen molar-refractivity contribution < 1.29 is 4.79 Å². The summed E-state index contributed by atoms with van der Waals surface area (Å²) >= 11 is 2.20. The molecule has 0 saturated heterocycles. The average molecular weight is 340 g/mol. The van der Waals surface area contributed by atoms with Gasteiger partial charge in [0.15, 0.2) is 6.19 Å². The third-order valence-electron chi connectivity index (χ3n) is 2.16. The molecule has 0 bridgehead atoms. The minimum atomic E-state index is -0.243. The van der Waals surface area contributed by atoms with Gasteiger partial charge in [0.2, 0.25) is 0 Å². The molecule has 1 rings (SSSR count). The summed E-state index contributed by atoms with van der Waals surface area (Å²) in [7, 11) is 0. The van der Waals surface area contributed by atoms with Crippen LogP contribution in [0.5, 0.6) is 0 Å². The second kappa shape index (κ2) is 7.07. The van der Waals surface area contributed by atoms with Gasteiger partial charge >= 0.3 is 0 Å². The monoisotopic (exact) mass is 340 g/mol. The molecule has 0 spiro atoms. The Morgan fingerprint density at radius 3 is 2.65 bits per heavy atom. The quantitative estimate of drug-likeness (QED) is 0.479. The molecular formula is C13H13IN2O. The van der Waals surface area contributed by atoms with Crippen molar-refractivity contribution >= 4 is 28.5 Å². The lowest BCUT2D eigenvalue weighted by Crippen LogP contribution is -2.26. The van der Waals surface area contributed by atoms with Crippen LogP contribution in [0.25, 0.3) is 0 Å². The van der Waals surface area contributed by atoms with Gasteiger partial charge in [0.25, 0.3) is 5.91 Å². The third kappa shape index (κ3) is 4.57. The fraction of sp³-hybridized carbons (Fsp3) is 0.231. The van der Waals surface area contributed by atoms with Crippen LogP contribution in [0.4, 0.5) is 0 Å². The second-order valence-electron chi connectivity index (χ2n) is 3.50. The molecule has 1 aromatic rings. The Hall–Kier alpha value is -1.35. The molecule has 0 fully saturated rings. The number of rotatable bonds is 4. The number of carbonyl (C=O) groups excluding carboxylic acids is 1. The summed E-state index contributed by atoms with van der Waals surface area (Å²) < 4.78 is 1.16. The van der Waals surface area contributed by atoms with Crippen molar-refractivity contribution in [2.75, 3.05) is 6.54 Å². The maximum absolute atomic E-state index is 11.9. The first-order valence-electron chi connectivity index (χ1n) is 5.24. The normalized spacial score (nSPS) is 10.8. The minimum absolute atomic E-state index is 0.243. The summed E-state index contributed by atoms with van der Waals surface area (Å²) in [4.78, 5) is 13.1. The van der Waals surface area contributed by atoms with Gasteiger partial charge in [-0.15, -0.1) is 0 Å². The summed E-state index contributed by atoms with van der Waals surface area (Å²) in [5, 5.41) is 8.96. The molecule has 0 N–H and O–H groups in total.